The maximum absolute atomic E-state index is 13.7. The van der Waals surface area contributed by atoms with Crippen LogP contribution in [0.15, 0.2) is 54.7 Å². The second-order valence-corrected chi connectivity index (χ2v) is 6.83. The Morgan fingerprint density at radius 1 is 1.03 bits per heavy atom. The molecule has 0 fully saturated rings. The molecule has 152 valence electrons. The van der Waals surface area contributed by atoms with Crippen LogP contribution in [-0.2, 0) is 6.42 Å². The summed E-state index contributed by atoms with van der Waals surface area (Å²) >= 11 is 0. The van der Waals surface area contributed by atoms with Crippen molar-refractivity contribution in [3.05, 3.63) is 71.7 Å². The summed E-state index contributed by atoms with van der Waals surface area (Å²) in [4.78, 5) is 11.1. The van der Waals surface area contributed by atoms with Gasteiger partial charge in [-0.3, -0.25) is 0 Å². The molecule has 0 aliphatic rings. The van der Waals surface area contributed by atoms with E-state index < -0.39 is 0 Å². The maximum atomic E-state index is 13.7. The van der Waals surface area contributed by atoms with Gasteiger partial charge in [0, 0.05) is 37.2 Å². The summed E-state index contributed by atoms with van der Waals surface area (Å²) in [6, 6.07) is 15.0. The summed E-state index contributed by atoms with van der Waals surface area (Å²) in [5, 5.41) is 6.53. The highest BCUT2D eigenvalue weighted by Gasteiger charge is 2.07. The van der Waals surface area contributed by atoms with Crippen molar-refractivity contribution in [3.8, 4) is 0 Å². The molecular formula is C23H28FN5. The molecule has 0 amide bonds. The second-order valence-electron chi connectivity index (χ2n) is 6.83. The number of aromatic nitrogens is 2. The van der Waals surface area contributed by atoms with Crippen LogP contribution in [-0.4, -0.2) is 29.6 Å². The molecule has 29 heavy (non-hydrogen) atoms. The lowest BCUT2D eigenvalue weighted by molar-refractivity contribution is 0.610. The monoisotopic (exact) mass is 393 g/mol. The predicted octanol–water partition coefficient (Wildman–Crippen LogP) is 5.17. The number of hydrogen-bond donors (Lipinski definition) is 2. The average molecular weight is 394 g/mol. The Kier molecular flexibility index (Phi) is 7.00. The van der Waals surface area contributed by atoms with E-state index in [0.717, 1.165) is 24.3 Å². The standard InChI is InChI=1S/C23H28FN5/c1-4-29(5-2)19-10-11-21(17(3)16-19)27-23-26-15-13-22(28-23)25-14-12-18-8-6-7-9-20(18)24/h6-11,13,15-16H,4-5,12,14H2,1-3H3,(H2,25,26,27,28). The first-order chi connectivity index (χ1) is 14.1. The lowest BCUT2D eigenvalue weighted by Gasteiger charge is -2.22. The van der Waals surface area contributed by atoms with Gasteiger partial charge in [0.15, 0.2) is 0 Å². The number of rotatable bonds is 9. The van der Waals surface area contributed by atoms with E-state index in [-0.39, 0.29) is 5.82 Å². The van der Waals surface area contributed by atoms with Gasteiger partial charge in [0.05, 0.1) is 0 Å². The quantitative estimate of drug-likeness (QED) is 0.525. The summed E-state index contributed by atoms with van der Waals surface area (Å²) in [5.74, 6) is 1.05. The zero-order valence-electron chi connectivity index (χ0n) is 17.2. The lowest BCUT2D eigenvalue weighted by atomic mass is 10.1. The molecule has 6 heteroatoms. The smallest absolute Gasteiger partial charge is 0.229 e. The molecule has 2 aromatic carbocycles. The van der Waals surface area contributed by atoms with Gasteiger partial charge in [-0.15, -0.1) is 0 Å². The van der Waals surface area contributed by atoms with E-state index in [0.29, 0.717) is 30.3 Å². The Morgan fingerprint density at radius 3 is 2.55 bits per heavy atom. The molecule has 0 bridgehead atoms. The second kappa shape index (κ2) is 9.87. The molecule has 0 aliphatic heterocycles. The minimum Gasteiger partial charge on any atom is -0.372 e. The zero-order valence-corrected chi connectivity index (χ0v) is 17.2. The molecule has 1 heterocycles. The summed E-state index contributed by atoms with van der Waals surface area (Å²) in [6.07, 6.45) is 2.30. The topological polar surface area (TPSA) is 53.1 Å². The molecular weight excluding hydrogens is 365 g/mol. The van der Waals surface area contributed by atoms with Crippen molar-refractivity contribution < 1.29 is 4.39 Å². The van der Waals surface area contributed by atoms with E-state index in [9.17, 15) is 4.39 Å². The first kappa shape index (κ1) is 20.6. The van der Waals surface area contributed by atoms with Crippen molar-refractivity contribution in [2.75, 3.05) is 35.2 Å². The highest BCUT2D eigenvalue weighted by atomic mass is 19.1. The van der Waals surface area contributed by atoms with Gasteiger partial charge in [-0.1, -0.05) is 18.2 Å². The van der Waals surface area contributed by atoms with Crippen molar-refractivity contribution in [1.82, 2.24) is 9.97 Å². The Balaban J connectivity index is 1.63. The van der Waals surface area contributed by atoms with Crippen LogP contribution in [0, 0.1) is 12.7 Å². The fourth-order valence-electron chi connectivity index (χ4n) is 3.24. The number of nitrogens with one attached hydrogen (secondary N) is 2. The third-order valence-corrected chi connectivity index (χ3v) is 4.90. The number of nitrogens with zero attached hydrogens (tertiary/aromatic N) is 3. The van der Waals surface area contributed by atoms with Crippen LogP contribution in [0.3, 0.4) is 0 Å². The minimum atomic E-state index is -0.178. The fraction of sp³-hybridized carbons (Fsp3) is 0.304. The zero-order chi connectivity index (χ0) is 20.6. The summed E-state index contributed by atoms with van der Waals surface area (Å²) in [5.41, 5.74) is 4.01. The predicted molar refractivity (Wildman–Crippen MR) is 119 cm³/mol. The maximum Gasteiger partial charge on any atom is 0.229 e. The van der Waals surface area contributed by atoms with Crippen molar-refractivity contribution in [2.24, 2.45) is 0 Å². The van der Waals surface area contributed by atoms with E-state index in [1.807, 2.05) is 12.1 Å². The van der Waals surface area contributed by atoms with Gasteiger partial charge in [-0.25, -0.2) is 9.37 Å². The van der Waals surface area contributed by atoms with Crippen molar-refractivity contribution in [2.45, 2.75) is 27.2 Å². The SMILES string of the molecule is CCN(CC)c1ccc(Nc2nccc(NCCc3ccccc3F)n2)c(C)c1. The number of halogens is 1. The summed E-state index contributed by atoms with van der Waals surface area (Å²) in [7, 11) is 0. The molecule has 0 saturated heterocycles. The molecule has 3 aromatic rings. The highest BCUT2D eigenvalue weighted by Crippen LogP contribution is 2.24. The van der Waals surface area contributed by atoms with Crippen LogP contribution in [0.2, 0.25) is 0 Å². The molecule has 0 radical (unpaired) electrons. The number of anilines is 4. The highest BCUT2D eigenvalue weighted by molar-refractivity contribution is 5.64. The van der Waals surface area contributed by atoms with Gasteiger partial charge in [0.25, 0.3) is 0 Å². The number of hydrogen-bond acceptors (Lipinski definition) is 5. The molecule has 0 spiro atoms. The van der Waals surface area contributed by atoms with Crippen LogP contribution in [0.5, 0.6) is 0 Å². The summed E-state index contributed by atoms with van der Waals surface area (Å²) in [6.45, 7) is 8.94. The van der Waals surface area contributed by atoms with E-state index >= 15 is 0 Å². The van der Waals surface area contributed by atoms with E-state index in [1.165, 1.54) is 11.8 Å². The van der Waals surface area contributed by atoms with Gasteiger partial charge in [0.1, 0.15) is 11.6 Å². The van der Waals surface area contributed by atoms with E-state index in [2.05, 4.69) is 64.5 Å². The Hall–Kier alpha value is -3.15. The largest absolute Gasteiger partial charge is 0.372 e. The van der Waals surface area contributed by atoms with Gasteiger partial charge < -0.3 is 15.5 Å². The molecule has 0 saturated carbocycles. The van der Waals surface area contributed by atoms with Crippen LogP contribution in [0.25, 0.3) is 0 Å². The van der Waals surface area contributed by atoms with Gasteiger partial charge in [-0.2, -0.15) is 4.98 Å². The summed E-state index contributed by atoms with van der Waals surface area (Å²) < 4.78 is 13.7. The number of benzene rings is 2. The van der Waals surface area contributed by atoms with Crippen LogP contribution < -0.4 is 15.5 Å². The van der Waals surface area contributed by atoms with Crippen LogP contribution >= 0.6 is 0 Å². The molecule has 1 aromatic heterocycles. The average Bonchev–Trinajstić information content (AvgIpc) is 2.73. The number of aryl methyl sites for hydroxylation is 1. The van der Waals surface area contributed by atoms with Gasteiger partial charge in [0.2, 0.25) is 5.95 Å². The third kappa shape index (κ3) is 5.44. The molecule has 0 atom stereocenters. The molecule has 5 nitrogen and oxygen atoms in total. The minimum absolute atomic E-state index is 0.178. The molecule has 0 aliphatic carbocycles. The van der Waals surface area contributed by atoms with Gasteiger partial charge in [-0.05, 0) is 68.7 Å². The van der Waals surface area contributed by atoms with Crippen LogP contribution in [0.4, 0.5) is 27.5 Å². The van der Waals surface area contributed by atoms with E-state index in [4.69, 9.17) is 0 Å². The van der Waals surface area contributed by atoms with Crippen molar-refractivity contribution in [1.29, 1.82) is 0 Å². The first-order valence-corrected chi connectivity index (χ1v) is 10.0. The third-order valence-electron chi connectivity index (χ3n) is 4.90. The lowest BCUT2D eigenvalue weighted by Crippen LogP contribution is -2.21. The van der Waals surface area contributed by atoms with E-state index in [1.54, 1.807) is 18.3 Å². The van der Waals surface area contributed by atoms with Crippen molar-refractivity contribution >= 4 is 23.1 Å². The first-order valence-electron chi connectivity index (χ1n) is 10.0. The van der Waals surface area contributed by atoms with Gasteiger partial charge >= 0.3 is 0 Å². The normalized spacial score (nSPS) is 10.6. The Bertz CT molecular complexity index is 940. The molecule has 3 rings (SSSR count). The molecule has 2 N–H and O–H groups in total. The Labute approximate surface area is 172 Å². The fourth-order valence-corrected chi connectivity index (χ4v) is 3.24. The van der Waals surface area contributed by atoms with Crippen LogP contribution in [0.1, 0.15) is 25.0 Å². The Morgan fingerprint density at radius 2 is 1.83 bits per heavy atom. The molecule has 0 unspecified atom stereocenters. The van der Waals surface area contributed by atoms with Crippen molar-refractivity contribution in [3.63, 3.8) is 0 Å².